The van der Waals surface area contributed by atoms with Crippen LogP contribution in [-0.4, -0.2) is 27.1 Å². The number of rotatable bonds is 7. The van der Waals surface area contributed by atoms with Crippen LogP contribution in [0.5, 0.6) is 0 Å². The smallest absolute Gasteiger partial charge is 0.251 e. The van der Waals surface area contributed by atoms with Crippen LogP contribution < -0.4 is 10.0 Å². The molecule has 0 unspecified atom stereocenters. The lowest BCUT2D eigenvalue weighted by molar-refractivity contribution is 0.0950. The van der Waals surface area contributed by atoms with Gasteiger partial charge < -0.3 is 5.32 Å². The molecular weight excluding hydrogens is 331 g/mol. The average molecular weight is 350 g/mol. The topological polar surface area (TPSA) is 75.3 Å². The second-order valence-electron chi connectivity index (χ2n) is 5.39. The van der Waals surface area contributed by atoms with E-state index in [0.717, 1.165) is 11.8 Å². The fourth-order valence-electron chi connectivity index (χ4n) is 2.12. The molecule has 2 aromatic rings. The Hall–Kier alpha value is -2.25. The number of hydrogen-bond donors (Lipinski definition) is 2. The Kier molecular flexibility index (Phi) is 6.05. The number of carbonyl (C=O) groups excluding carboxylic acids is 1. The van der Waals surface area contributed by atoms with Crippen molar-refractivity contribution in [2.45, 2.75) is 13.0 Å². The van der Waals surface area contributed by atoms with Crippen molar-refractivity contribution in [1.82, 2.24) is 10.0 Å². The van der Waals surface area contributed by atoms with Crippen LogP contribution in [0.3, 0.4) is 0 Å². The summed E-state index contributed by atoms with van der Waals surface area (Å²) in [7, 11) is -3.20. The van der Waals surface area contributed by atoms with Gasteiger partial charge in [-0.2, -0.15) is 0 Å². The summed E-state index contributed by atoms with van der Waals surface area (Å²) in [5.41, 5.74) is 1.80. The van der Waals surface area contributed by atoms with Gasteiger partial charge in [0.05, 0.1) is 6.26 Å². The summed E-state index contributed by atoms with van der Waals surface area (Å²) in [4.78, 5) is 12.1. The van der Waals surface area contributed by atoms with Gasteiger partial charge in [0.2, 0.25) is 10.0 Å². The molecule has 0 bridgehead atoms. The number of amides is 1. The highest BCUT2D eigenvalue weighted by Crippen LogP contribution is 2.08. The molecule has 0 fully saturated rings. The maximum absolute atomic E-state index is 13.5. The minimum absolute atomic E-state index is 0.117. The van der Waals surface area contributed by atoms with E-state index in [1.54, 1.807) is 42.5 Å². The van der Waals surface area contributed by atoms with Gasteiger partial charge in [0.25, 0.3) is 5.91 Å². The summed E-state index contributed by atoms with van der Waals surface area (Å²) in [6.45, 7) is 0.420. The highest BCUT2D eigenvalue weighted by Gasteiger charge is 2.07. The predicted octanol–water partition coefficient (Wildman–Crippen LogP) is 1.85. The average Bonchev–Trinajstić information content (AvgIpc) is 2.53. The molecular formula is C17H19FN2O3S. The molecule has 0 atom stereocenters. The maximum atomic E-state index is 13.5. The van der Waals surface area contributed by atoms with E-state index in [1.165, 1.54) is 6.07 Å². The molecule has 0 saturated heterocycles. The SMILES string of the molecule is CS(=O)(=O)NCCc1ccc(C(=O)NCc2ccccc2F)cc1. The van der Waals surface area contributed by atoms with E-state index in [0.29, 0.717) is 24.1 Å². The molecule has 128 valence electrons. The van der Waals surface area contributed by atoms with Crippen molar-refractivity contribution >= 4 is 15.9 Å². The van der Waals surface area contributed by atoms with Crippen LogP contribution in [0.25, 0.3) is 0 Å². The van der Waals surface area contributed by atoms with E-state index >= 15 is 0 Å². The van der Waals surface area contributed by atoms with Crippen molar-refractivity contribution in [2.75, 3.05) is 12.8 Å². The van der Waals surface area contributed by atoms with E-state index in [4.69, 9.17) is 0 Å². The van der Waals surface area contributed by atoms with E-state index in [-0.39, 0.29) is 18.3 Å². The highest BCUT2D eigenvalue weighted by atomic mass is 32.2. The van der Waals surface area contributed by atoms with Crippen molar-refractivity contribution in [3.8, 4) is 0 Å². The van der Waals surface area contributed by atoms with Gasteiger partial charge in [0.1, 0.15) is 5.82 Å². The van der Waals surface area contributed by atoms with Gasteiger partial charge in [0.15, 0.2) is 0 Å². The van der Waals surface area contributed by atoms with Crippen molar-refractivity contribution < 1.29 is 17.6 Å². The number of hydrogen-bond acceptors (Lipinski definition) is 3. The molecule has 24 heavy (non-hydrogen) atoms. The van der Waals surface area contributed by atoms with Gasteiger partial charge in [-0.25, -0.2) is 17.5 Å². The van der Waals surface area contributed by atoms with Gasteiger partial charge >= 0.3 is 0 Å². The monoisotopic (exact) mass is 350 g/mol. The van der Waals surface area contributed by atoms with Crippen molar-refractivity contribution in [3.63, 3.8) is 0 Å². The van der Waals surface area contributed by atoms with Gasteiger partial charge in [-0.3, -0.25) is 4.79 Å². The Balaban J connectivity index is 1.88. The standard InChI is InChI=1S/C17H19FN2O3S/c1-24(22,23)20-11-10-13-6-8-14(9-7-13)17(21)19-12-15-4-2-3-5-16(15)18/h2-9,20H,10-12H2,1H3,(H,19,21). The molecule has 2 rings (SSSR count). The van der Waals surface area contributed by atoms with Crippen LogP contribution in [0, 0.1) is 5.82 Å². The third-order valence-corrected chi connectivity index (χ3v) is 4.12. The van der Waals surface area contributed by atoms with Crippen LogP contribution in [0.4, 0.5) is 4.39 Å². The zero-order chi connectivity index (χ0) is 17.6. The van der Waals surface area contributed by atoms with Crippen molar-refractivity contribution in [1.29, 1.82) is 0 Å². The van der Waals surface area contributed by atoms with Crippen LogP contribution in [0.1, 0.15) is 21.5 Å². The summed E-state index contributed by atoms with van der Waals surface area (Å²) in [5, 5.41) is 2.67. The Morgan fingerprint density at radius 2 is 1.75 bits per heavy atom. The van der Waals surface area contributed by atoms with Gasteiger partial charge in [0, 0.05) is 24.2 Å². The molecule has 0 heterocycles. The zero-order valence-corrected chi connectivity index (χ0v) is 14.1. The van der Waals surface area contributed by atoms with Crippen LogP contribution in [-0.2, 0) is 23.0 Å². The summed E-state index contributed by atoms with van der Waals surface area (Å²) in [6, 6.07) is 13.1. The minimum atomic E-state index is -3.20. The summed E-state index contributed by atoms with van der Waals surface area (Å²) in [6.07, 6.45) is 1.64. The third kappa shape index (κ3) is 5.75. The zero-order valence-electron chi connectivity index (χ0n) is 13.3. The largest absolute Gasteiger partial charge is 0.348 e. The maximum Gasteiger partial charge on any atom is 0.251 e. The molecule has 5 nitrogen and oxygen atoms in total. The van der Waals surface area contributed by atoms with E-state index in [2.05, 4.69) is 10.0 Å². The molecule has 2 aromatic carbocycles. The second kappa shape index (κ2) is 8.03. The molecule has 1 amide bonds. The summed E-state index contributed by atoms with van der Waals surface area (Å²) in [5.74, 6) is -0.648. The number of benzene rings is 2. The molecule has 0 aliphatic carbocycles. The fourth-order valence-corrected chi connectivity index (χ4v) is 2.60. The molecule has 2 N–H and O–H groups in total. The second-order valence-corrected chi connectivity index (χ2v) is 7.22. The number of carbonyl (C=O) groups is 1. The first-order valence-corrected chi connectivity index (χ1v) is 9.29. The van der Waals surface area contributed by atoms with Crippen molar-refractivity contribution in [2.24, 2.45) is 0 Å². The van der Waals surface area contributed by atoms with Gasteiger partial charge in [-0.05, 0) is 30.2 Å². The fraction of sp³-hybridized carbons (Fsp3) is 0.235. The molecule has 0 aliphatic heterocycles. The van der Waals surface area contributed by atoms with E-state index in [9.17, 15) is 17.6 Å². The lowest BCUT2D eigenvalue weighted by Gasteiger charge is -2.07. The van der Waals surface area contributed by atoms with E-state index in [1.807, 2.05) is 0 Å². The Bertz CT molecular complexity index is 805. The van der Waals surface area contributed by atoms with Crippen LogP contribution >= 0.6 is 0 Å². The molecule has 0 aromatic heterocycles. The lowest BCUT2D eigenvalue weighted by atomic mass is 10.1. The Labute approximate surface area is 141 Å². The van der Waals surface area contributed by atoms with E-state index < -0.39 is 10.0 Å². The first-order chi connectivity index (χ1) is 11.3. The first-order valence-electron chi connectivity index (χ1n) is 7.40. The Morgan fingerprint density at radius 3 is 2.38 bits per heavy atom. The summed E-state index contributed by atoms with van der Waals surface area (Å²) < 4.78 is 37.9. The highest BCUT2D eigenvalue weighted by molar-refractivity contribution is 7.88. The van der Waals surface area contributed by atoms with Gasteiger partial charge in [-0.15, -0.1) is 0 Å². The van der Waals surface area contributed by atoms with Crippen LogP contribution in [0.15, 0.2) is 48.5 Å². The molecule has 7 heteroatoms. The molecule has 0 saturated carbocycles. The number of nitrogens with one attached hydrogen (secondary N) is 2. The third-order valence-electron chi connectivity index (χ3n) is 3.39. The quantitative estimate of drug-likeness (QED) is 0.800. The summed E-state index contributed by atoms with van der Waals surface area (Å²) >= 11 is 0. The first kappa shape index (κ1) is 18.1. The lowest BCUT2D eigenvalue weighted by Crippen LogP contribution is -2.24. The molecule has 0 spiro atoms. The Morgan fingerprint density at radius 1 is 1.08 bits per heavy atom. The predicted molar refractivity (Wildman–Crippen MR) is 90.6 cm³/mol. The normalized spacial score (nSPS) is 11.2. The molecule has 0 radical (unpaired) electrons. The number of sulfonamides is 1. The van der Waals surface area contributed by atoms with Gasteiger partial charge in [-0.1, -0.05) is 30.3 Å². The number of halogens is 1. The minimum Gasteiger partial charge on any atom is -0.348 e. The molecule has 0 aliphatic rings. The van der Waals surface area contributed by atoms with Crippen molar-refractivity contribution in [3.05, 3.63) is 71.0 Å². The van der Waals surface area contributed by atoms with Crippen LogP contribution in [0.2, 0.25) is 0 Å².